The fourth-order valence-electron chi connectivity index (χ4n) is 1.05. The Morgan fingerprint density at radius 3 is 1.92 bits per heavy atom. The van der Waals surface area contributed by atoms with E-state index in [1.54, 1.807) is 6.92 Å². The molecule has 0 aromatic heterocycles. The maximum Gasteiger partial charge on any atom is 2.00 e. The maximum absolute atomic E-state index is 3.91. The van der Waals surface area contributed by atoms with Crippen LogP contribution < -0.4 is 0 Å². The largest absolute Gasteiger partial charge is 2.00 e. The molecule has 0 aliphatic carbocycles. The summed E-state index contributed by atoms with van der Waals surface area (Å²) in [7, 11) is 0. The summed E-state index contributed by atoms with van der Waals surface area (Å²) < 4.78 is 0. The fraction of sp³-hybridized carbons (Fsp3) is 0.818. The van der Waals surface area contributed by atoms with Crippen LogP contribution in [0, 0.1) is 19.8 Å². The number of unbranched alkanes of at least 4 members (excludes halogenated alkanes) is 1. The van der Waals surface area contributed by atoms with E-state index >= 15 is 0 Å². The van der Waals surface area contributed by atoms with Crippen LogP contribution in [0.1, 0.15) is 52.9 Å². The quantitative estimate of drug-likeness (QED) is 0.481. The smallest absolute Gasteiger partial charge is 0.346 e. The van der Waals surface area contributed by atoms with E-state index in [0.717, 1.165) is 12.3 Å². The molecule has 0 saturated carbocycles. The average molecular weight is 222 g/mol. The number of hydrogen-bond acceptors (Lipinski definition) is 0. The Labute approximate surface area is 92.3 Å². The molecule has 0 amide bonds. The summed E-state index contributed by atoms with van der Waals surface area (Å²) in [6, 6.07) is 0. The second-order valence-corrected chi connectivity index (χ2v) is 2.71. The van der Waals surface area contributed by atoms with Gasteiger partial charge in [-0.3, -0.25) is 0 Å². The molecule has 0 aromatic rings. The summed E-state index contributed by atoms with van der Waals surface area (Å²) in [4.78, 5) is 0. The Kier molecular flexibility index (Phi) is 27.1. The van der Waals surface area contributed by atoms with E-state index in [1.165, 1.54) is 25.7 Å². The molecule has 0 spiro atoms. The van der Waals surface area contributed by atoms with Gasteiger partial charge in [-0.2, -0.15) is 13.3 Å². The van der Waals surface area contributed by atoms with E-state index in [9.17, 15) is 0 Å². The Morgan fingerprint density at radius 2 is 1.67 bits per heavy atom. The maximum atomic E-state index is 3.91. The summed E-state index contributed by atoms with van der Waals surface area (Å²) in [5.41, 5.74) is 0. The molecule has 0 fully saturated rings. The summed E-state index contributed by atoms with van der Waals surface area (Å²) >= 11 is 0. The van der Waals surface area contributed by atoms with Crippen molar-refractivity contribution >= 4 is 0 Å². The minimum atomic E-state index is 0. The van der Waals surface area contributed by atoms with Crippen molar-refractivity contribution in [3.63, 3.8) is 0 Å². The van der Waals surface area contributed by atoms with Gasteiger partial charge in [0, 0.05) is 0 Å². The Balaban J connectivity index is -0.000000249. The van der Waals surface area contributed by atoms with Crippen molar-refractivity contribution in [1.29, 1.82) is 0 Å². The molecule has 0 aliphatic heterocycles. The fourth-order valence-corrected chi connectivity index (χ4v) is 1.05. The third kappa shape index (κ3) is 13.2. The molecule has 0 nitrogen and oxygen atoms in total. The first kappa shape index (κ1) is 18.4. The van der Waals surface area contributed by atoms with Crippen molar-refractivity contribution in [3.05, 3.63) is 13.8 Å². The normalized spacial score (nSPS) is 10.8. The summed E-state index contributed by atoms with van der Waals surface area (Å²) in [5.74, 6) is 0.893. The zero-order valence-electron chi connectivity index (χ0n) is 9.23. The first-order chi connectivity index (χ1) is 5.35. The van der Waals surface area contributed by atoms with Gasteiger partial charge in [-0.05, 0) is 0 Å². The van der Waals surface area contributed by atoms with Crippen molar-refractivity contribution in [2.45, 2.75) is 52.9 Å². The molecule has 1 atom stereocenters. The van der Waals surface area contributed by atoms with Gasteiger partial charge in [-0.25, -0.2) is 0 Å². The third-order valence-corrected chi connectivity index (χ3v) is 1.95. The van der Waals surface area contributed by atoms with Crippen LogP contribution in [0.5, 0.6) is 0 Å². The van der Waals surface area contributed by atoms with Crippen LogP contribution in [-0.2, 0) is 19.5 Å². The van der Waals surface area contributed by atoms with Crippen LogP contribution in [0.25, 0.3) is 0 Å². The molecule has 0 heterocycles. The van der Waals surface area contributed by atoms with Crippen LogP contribution in [0.4, 0.5) is 0 Å². The molecule has 0 rings (SSSR count). The predicted octanol–water partition coefficient (Wildman–Crippen LogP) is 4.26. The average Bonchev–Trinajstić information content (AvgIpc) is 2.10. The van der Waals surface area contributed by atoms with Gasteiger partial charge in [-0.1, -0.05) is 45.4 Å². The third-order valence-electron chi connectivity index (χ3n) is 1.95. The minimum absolute atomic E-state index is 0. The van der Waals surface area contributed by atoms with E-state index in [1.807, 2.05) is 0 Å². The molecule has 70 valence electrons. The zero-order valence-corrected chi connectivity index (χ0v) is 12.2. The van der Waals surface area contributed by atoms with E-state index in [-0.39, 0.29) is 19.5 Å². The molecule has 1 unspecified atom stereocenters. The van der Waals surface area contributed by atoms with Gasteiger partial charge in [0.25, 0.3) is 0 Å². The molecular weight excluding hydrogens is 198 g/mol. The van der Waals surface area contributed by atoms with Crippen molar-refractivity contribution in [3.8, 4) is 0 Å². The summed E-state index contributed by atoms with van der Waals surface area (Å²) in [6.45, 7) is 13.4. The van der Waals surface area contributed by atoms with Gasteiger partial charge in [0.2, 0.25) is 0 Å². The van der Waals surface area contributed by atoms with E-state index in [2.05, 4.69) is 27.7 Å². The molecule has 0 aromatic carbocycles. The molecule has 12 heavy (non-hydrogen) atoms. The van der Waals surface area contributed by atoms with Gasteiger partial charge in [0.15, 0.2) is 0 Å². The first-order valence-corrected chi connectivity index (χ1v) is 4.85. The Hall–Kier alpha value is 0.623. The van der Waals surface area contributed by atoms with E-state index < -0.39 is 0 Å². The second kappa shape index (κ2) is 17.6. The molecule has 0 saturated heterocycles. The molecular formula is C11H24Zn. The van der Waals surface area contributed by atoms with Crippen molar-refractivity contribution in [1.82, 2.24) is 0 Å². The summed E-state index contributed by atoms with van der Waals surface area (Å²) in [5, 5.41) is 0. The number of hydrogen-bond donors (Lipinski definition) is 0. The molecule has 0 N–H and O–H groups in total. The van der Waals surface area contributed by atoms with Gasteiger partial charge >= 0.3 is 19.5 Å². The Bertz CT molecular complexity index is 49.0. The van der Waals surface area contributed by atoms with Crippen molar-refractivity contribution in [2.24, 2.45) is 5.92 Å². The standard InChI is InChI=1S/C9H19.C2H5.Zn/c1-4-7-8-9(5-2)6-3;1-2;/h9H,2,4-8H2,1,3H3;1H2,2H3;/q2*-1;+2. The molecule has 0 aliphatic rings. The second-order valence-electron chi connectivity index (χ2n) is 2.71. The first-order valence-electron chi connectivity index (χ1n) is 4.85. The van der Waals surface area contributed by atoms with Crippen LogP contribution in [0.3, 0.4) is 0 Å². The van der Waals surface area contributed by atoms with Crippen LogP contribution in [0.2, 0.25) is 0 Å². The van der Waals surface area contributed by atoms with Gasteiger partial charge in [-0.15, -0.1) is 0 Å². The van der Waals surface area contributed by atoms with Crippen LogP contribution in [-0.4, -0.2) is 0 Å². The Morgan fingerprint density at radius 1 is 1.17 bits per heavy atom. The van der Waals surface area contributed by atoms with Crippen LogP contribution >= 0.6 is 0 Å². The van der Waals surface area contributed by atoms with E-state index in [0.29, 0.717) is 0 Å². The molecule has 0 bridgehead atoms. The minimum Gasteiger partial charge on any atom is -0.346 e. The van der Waals surface area contributed by atoms with Crippen LogP contribution in [0.15, 0.2) is 0 Å². The number of rotatable bonds is 5. The van der Waals surface area contributed by atoms with Crippen molar-refractivity contribution in [2.75, 3.05) is 0 Å². The molecule has 1 heteroatoms. The van der Waals surface area contributed by atoms with Gasteiger partial charge in [0.1, 0.15) is 0 Å². The van der Waals surface area contributed by atoms with Gasteiger partial charge < -0.3 is 13.8 Å². The molecule has 0 radical (unpaired) electrons. The predicted molar refractivity (Wildman–Crippen MR) is 54.3 cm³/mol. The SMILES string of the molecule is [CH2-]C.[CH2-]CC(CC)CCCC.[Zn+2]. The van der Waals surface area contributed by atoms with Crippen molar-refractivity contribution < 1.29 is 19.5 Å². The zero-order chi connectivity index (χ0) is 9.11. The monoisotopic (exact) mass is 220 g/mol. The van der Waals surface area contributed by atoms with E-state index in [4.69, 9.17) is 0 Å². The summed E-state index contributed by atoms with van der Waals surface area (Å²) in [6.07, 6.45) is 6.53. The topological polar surface area (TPSA) is 0 Å². The van der Waals surface area contributed by atoms with Gasteiger partial charge in [0.05, 0.1) is 0 Å².